The smallest absolute Gasteiger partial charge is 0.317 e. The summed E-state index contributed by atoms with van der Waals surface area (Å²) in [6.45, 7) is 3.57. The molecule has 1 aromatic carbocycles. The Kier molecular flexibility index (Phi) is 4.25. The molecule has 0 aromatic heterocycles. The van der Waals surface area contributed by atoms with E-state index in [4.69, 9.17) is 5.26 Å². The van der Waals surface area contributed by atoms with E-state index in [0.29, 0.717) is 24.2 Å². The van der Waals surface area contributed by atoms with Crippen LogP contribution >= 0.6 is 0 Å². The summed E-state index contributed by atoms with van der Waals surface area (Å²) >= 11 is 0. The first kappa shape index (κ1) is 14.8. The van der Waals surface area contributed by atoms with Gasteiger partial charge in [0.05, 0.1) is 11.6 Å². The Morgan fingerprint density at radius 2 is 2.27 bits per heavy atom. The topological polar surface area (TPSA) is 59.4 Å². The highest BCUT2D eigenvalue weighted by atomic mass is 19.1. The lowest BCUT2D eigenvalue weighted by molar-refractivity contribution is 0.121. The van der Waals surface area contributed by atoms with Crippen molar-refractivity contribution in [1.82, 2.24) is 15.1 Å². The fourth-order valence-corrected chi connectivity index (χ4v) is 3.27. The van der Waals surface area contributed by atoms with Crippen molar-refractivity contribution in [3.63, 3.8) is 0 Å². The molecule has 0 aliphatic carbocycles. The van der Waals surface area contributed by atoms with Gasteiger partial charge in [0.2, 0.25) is 0 Å². The Balaban J connectivity index is 1.68. The van der Waals surface area contributed by atoms with Crippen molar-refractivity contribution in [3.8, 4) is 6.07 Å². The minimum atomic E-state index is -0.278. The van der Waals surface area contributed by atoms with Crippen LogP contribution in [0.15, 0.2) is 18.2 Å². The van der Waals surface area contributed by atoms with Gasteiger partial charge in [-0.3, -0.25) is 4.90 Å². The summed E-state index contributed by atoms with van der Waals surface area (Å²) < 4.78 is 13.9. The van der Waals surface area contributed by atoms with Crippen molar-refractivity contribution in [2.45, 2.75) is 25.4 Å². The number of rotatable bonds is 3. The maximum atomic E-state index is 13.9. The lowest BCUT2D eigenvalue weighted by atomic mass is 10.0. The molecule has 2 heterocycles. The van der Waals surface area contributed by atoms with Gasteiger partial charge >= 0.3 is 6.03 Å². The zero-order valence-electron chi connectivity index (χ0n) is 12.4. The molecule has 1 aromatic rings. The summed E-state index contributed by atoms with van der Waals surface area (Å²) in [6.07, 6.45) is 1.98. The van der Waals surface area contributed by atoms with Crippen LogP contribution in [0.2, 0.25) is 0 Å². The number of halogens is 1. The van der Waals surface area contributed by atoms with E-state index in [1.807, 2.05) is 11.0 Å². The molecular formula is C16H19FN4O. The number of hydrogen-bond acceptors (Lipinski definition) is 3. The highest BCUT2D eigenvalue weighted by molar-refractivity contribution is 5.76. The fourth-order valence-electron chi connectivity index (χ4n) is 3.27. The quantitative estimate of drug-likeness (QED) is 0.924. The number of urea groups is 1. The number of nitrogens with one attached hydrogen (secondary N) is 1. The SMILES string of the molecule is N#Cc1ccc(F)c(CN2CCC[C@@H](N3CCNC3=O)C2)c1. The molecule has 22 heavy (non-hydrogen) atoms. The van der Waals surface area contributed by atoms with Gasteiger partial charge in [-0.25, -0.2) is 9.18 Å². The Bertz CT molecular complexity index is 613. The van der Waals surface area contributed by atoms with Gasteiger partial charge in [0, 0.05) is 37.8 Å². The number of carbonyl (C=O) groups is 1. The van der Waals surface area contributed by atoms with Crippen LogP contribution in [0.25, 0.3) is 0 Å². The van der Waals surface area contributed by atoms with Gasteiger partial charge < -0.3 is 10.2 Å². The zero-order valence-corrected chi connectivity index (χ0v) is 12.4. The van der Waals surface area contributed by atoms with Crippen LogP contribution in [0.4, 0.5) is 9.18 Å². The van der Waals surface area contributed by atoms with E-state index >= 15 is 0 Å². The van der Waals surface area contributed by atoms with Gasteiger partial charge in [-0.2, -0.15) is 5.26 Å². The second kappa shape index (κ2) is 6.32. The molecule has 3 rings (SSSR count). The number of nitriles is 1. The van der Waals surface area contributed by atoms with E-state index in [-0.39, 0.29) is 17.9 Å². The van der Waals surface area contributed by atoms with Crippen molar-refractivity contribution in [1.29, 1.82) is 5.26 Å². The molecule has 2 saturated heterocycles. The van der Waals surface area contributed by atoms with Crippen molar-refractivity contribution < 1.29 is 9.18 Å². The molecule has 5 nitrogen and oxygen atoms in total. The normalized spacial score (nSPS) is 22.5. The molecule has 0 spiro atoms. The van der Waals surface area contributed by atoms with E-state index in [1.165, 1.54) is 12.1 Å². The molecular weight excluding hydrogens is 283 g/mol. The zero-order chi connectivity index (χ0) is 15.5. The van der Waals surface area contributed by atoms with Gasteiger partial charge in [-0.05, 0) is 37.6 Å². The molecule has 0 saturated carbocycles. The minimum Gasteiger partial charge on any atom is -0.336 e. The number of carbonyl (C=O) groups excluding carboxylic acids is 1. The number of likely N-dealkylation sites (tertiary alicyclic amines) is 1. The van der Waals surface area contributed by atoms with Crippen LogP contribution in [0.3, 0.4) is 0 Å². The lowest BCUT2D eigenvalue weighted by Crippen LogP contribution is -2.48. The van der Waals surface area contributed by atoms with Crippen LogP contribution < -0.4 is 5.32 Å². The minimum absolute atomic E-state index is 0.00417. The molecule has 0 radical (unpaired) electrons. The Morgan fingerprint density at radius 1 is 1.41 bits per heavy atom. The highest BCUT2D eigenvalue weighted by Gasteiger charge is 2.31. The third-order valence-electron chi connectivity index (χ3n) is 4.38. The average Bonchev–Trinajstić information content (AvgIpc) is 2.96. The predicted molar refractivity (Wildman–Crippen MR) is 79.5 cm³/mol. The largest absolute Gasteiger partial charge is 0.336 e. The highest BCUT2D eigenvalue weighted by Crippen LogP contribution is 2.21. The van der Waals surface area contributed by atoms with Crippen molar-refractivity contribution in [3.05, 3.63) is 35.1 Å². The molecule has 1 N–H and O–H groups in total. The van der Waals surface area contributed by atoms with Crippen LogP contribution in [0, 0.1) is 17.1 Å². The Morgan fingerprint density at radius 3 is 3.00 bits per heavy atom. The van der Waals surface area contributed by atoms with E-state index in [9.17, 15) is 9.18 Å². The van der Waals surface area contributed by atoms with E-state index in [2.05, 4.69) is 10.2 Å². The number of nitrogens with zero attached hydrogens (tertiary/aromatic N) is 3. The molecule has 0 unspecified atom stereocenters. The molecule has 0 bridgehead atoms. The maximum Gasteiger partial charge on any atom is 0.317 e. The predicted octanol–water partition coefficient (Wildman–Crippen LogP) is 1.69. The summed E-state index contributed by atoms with van der Waals surface area (Å²) in [5.41, 5.74) is 1.02. The lowest BCUT2D eigenvalue weighted by Gasteiger charge is -2.37. The Labute approximate surface area is 129 Å². The molecule has 1 atom stereocenters. The molecule has 116 valence electrons. The molecule has 2 aliphatic heterocycles. The van der Waals surface area contributed by atoms with Gasteiger partial charge in [-0.15, -0.1) is 0 Å². The van der Waals surface area contributed by atoms with E-state index < -0.39 is 0 Å². The third-order valence-corrected chi connectivity index (χ3v) is 4.38. The van der Waals surface area contributed by atoms with Crippen molar-refractivity contribution in [2.75, 3.05) is 26.2 Å². The first-order valence-corrected chi connectivity index (χ1v) is 7.63. The first-order chi connectivity index (χ1) is 10.7. The van der Waals surface area contributed by atoms with Crippen LogP contribution in [-0.4, -0.2) is 48.1 Å². The summed E-state index contributed by atoms with van der Waals surface area (Å²) in [5, 5.41) is 11.8. The van der Waals surface area contributed by atoms with Crippen LogP contribution in [0.5, 0.6) is 0 Å². The molecule has 2 amide bonds. The summed E-state index contributed by atoms with van der Waals surface area (Å²) in [6, 6.07) is 6.70. The van der Waals surface area contributed by atoms with Gasteiger partial charge in [0.15, 0.2) is 0 Å². The fraction of sp³-hybridized carbons (Fsp3) is 0.500. The average molecular weight is 302 g/mol. The number of hydrogen-bond donors (Lipinski definition) is 1. The van der Waals surface area contributed by atoms with Gasteiger partial charge in [-0.1, -0.05) is 0 Å². The van der Waals surface area contributed by atoms with Crippen LogP contribution in [-0.2, 0) is 6.54 Å². The number of benzene rings is 1. The van der Waals surface area contributed by atoms with Crippen LogP contribution in [0.1, 0.15) is 24.0 Å². The number of piperidine rings is 1. The molecule has 2 fully saturated rings. The van der Waals surface area contributed by atoms with Crippen molar-refractivity contribution in [2.24, 2.45) is 0 Å². The molecule has 2 aliphatic rings. The summed E-state index contributed by atoms with van der Waals surface area (Å²) in [7, 11) is 0. The molecule has 6 heteroatoms. The van der Waals surface area contributed by atoms with Gasteiger partial charge in [0.25, 0.3) is 0 Å². The second-order valence-electron chi connectivity index (χ2n) is 5.87. The van der Waals surface area contributed by atoms with E-state index in [0.717, 1.165) is 32.5 Å². The summed E-state index contributed by atoms with van der Waals surface area (Å²) in [5.74, 6) is -0.278. The maximum absolute atomic E-state index is 13.9. The third kappa shape index (κ3) is 3.04. The first-order valence-electron chi connectivity index (χ1n) is 7.63. The van der Waals surface area contributed by atoms with Crippen molar-refractivity contribution >= 4 is 6.03 Å². The second-order valence-corrected chi connectivity index (χ2v) is 5.87. The Hall–Kier alpha value is -2.13. The standard InChI is InChI=1S/C16H19FN4O/c17-15-4-3-12(9-18)8-13(15)10-20-6-1-2-14(11-20)21-7-5-19-16(21)22/h3-4,8,14H,1-2,5-7,10-11H2,(H,19,22)/t14-/m1/s1. The van der Waals surface area contributed by atoms with Gasteiger partial charge in [0.1, 0.15) is 5.82 Å². The summed E-state index contributed by atoms with van der Waals surface area (Å²) in [4.78, 5) is 15.8. The van der Waals surface area contributed by atoms with E-state index in [1.54, 1.807) is 6.07 Å². The monoisotopic (exact) mass is 302 g/mol. The number of amides is 2.